The van der Waals surface area contributed by atoms with Crippen LogP contribution in [0.2, 0.25) is 5.02 Å². The van der Waals surface area contributed by atoms with Crippen molar-refractivity contribution in [2.24, 2.45) is 5.73 Å². The molecule has 0 saturated carbocycles. The van der Waals surface area contributed by atoms with Crippen molar-refractivity contribution in [3.63, 3.8) is 0 Å². The maximum atomic E-state index is 6.20. The van der Waals surface area contributed by atoms with Crippen LogP contribution < -0.4 is 5.73 Å². The van der Waals surface area contributed by atoms with E-state index in [0.717, 1.165) is 18.0 Å². The third-order valence-corrected chi connectivity index (χ3v) is 3.57. The number of nitrogens with zero attached hydrogens (tertiary/aromatic N) is 1. The van der Waals surface area contributed by atoms with Crippen molar-refractivity contribution in [1.82, 2.24) is 4.90 Å². The van der Waals surface area contributed by atoms with Crippen molar-refractivity contribution < 1.29 is 0 Å². The largest absolute Gasteiger partial charge is 0.326 e. The highest BCUT2D eigenvalue weighted by molar-refractivity contribution is 6.30. The first-order chi connectivity index (χ1) is 7.59. The van der Waals surface area contributed by atoms with E-state index in [4.69, 9.17) is 17.3 Å². The minimum atomic E-state index is 0.223. The zero-order valence-electron chi connectivity index (χ0n) is 9.86. The van der Waals surface area contributed by atoms with Gasteiger partial charge in [0.05, 0.1) is 6.04 Å². The van der Waals surface area contributed by atoms with Crippen molar-refractivity contribution in [2.75, 3.05) is 6.54 Å². The van der Waals surface area contributed by atoms with E-state index < -0.39 is 0 Å². The molecule has 2 N–H and O–H groups in total. The van der Waals surface area contributed by atoms with E-state index in [1.807, 2.05) is 18.2 Å². The van der Waals surface area contributed by atoms with Gasteiger partial charge in [0.1, 0.15) is 0 Å². The second-order valence-corrected chi connectivity index (χ2v) is 5.22. The van der Waals surface area contributed by atoms with Gasteiger partial charge in [-0.05, 0) is 38.0 Å². The van der Waals surface area contributed by atoms with Crippen LogP contribution in [0, 0.1) is 0 Å². The average Bonchev–Trinajstić information content (AvgIpc) is 2.60. The lowest BCUT2D eigenvalue weighted by Gasteiger charge is -2.30. The van der Waals surface area contributed by atoms with Crippen LogP contribution in [-0.2, 0) is 0 Å². The van der Waals surface area contributed by atoms with Gasteiger partial charge in [0.2, 0.25) is 0 Å². The van der Waals surface area contributed by atoms with Gasteiger partial charge < -0.3 is 5.73 Å². The molecule has 0 spiro atoms. The Balaban J connectivity index is 2.30. The minimum Gasteiger partial charge on any atom is -0.326 e. The van der Waals surface area contributed by atoms with Crippen molar-refractivity contribution in [1.29, 1.82) is 0 Å². The van der Waals surface area contributed by atoms with E-state index >= 15 is 0 Å². The smallest absolute Gasteiger partial charge is 0.0502 e. The van der Waals surface area contributed by atoms with Crippen LogP contribution in [0.5, 0.6) is 0 Å². The number of benzene rings is 1. The second-order valence-electron chi connectivity index (χ2n) is 4.78. The molecule has 1 aliphatic rings. The molecule has 1 aromatic rings. The Morgan fingerprint density at radius 2 is 2.19 bits per heavy atom. The Kier molecular flexibility index (Phi) is 3.53. The number of halogens is 1. The quantitative estimate of drug-likeness (QED) is 0.859. The minimum absolute atomic E-state index is 0.223. The fourth-order valence-electron chi connectivity index (χ4n) is 2.55. The summed E-state index contributed by atoms with van der Waals surface area (Å²) in [5.74, 6) is 0. The standard InChI is InChI=1S/C13H19ClN2/c1-9(2)16-7-6-12(15)13(16)10-4-3-5-11(14)8-10/h3-5,8-9,12-13H,6-7,15H2,1-2H3. The van der Waals surface area contributed by atoms with Crippen molar-refractivity contribution in [3.05, 3.63) is 34.9 Å². The highest BCUT2D eigenvalue weighted by atomic mass is 35.5. The molecular weight excluding hydrogens is 220 g/mol. The van der Waals surface area contributed by atoms with Crippen LogP contribution in [0.1, 0.15) is 31.9 Å². The Bertz CT molecular complexity index is 365. The van der Waals surface area contributed by atoms with Crippen molar-refractivity contribution >= 4 is 11.6 Å². The van der Waals surface area contributed by atoms with Gasteiger partial charge in [-0.1, -0.05) is 23.7 Å². The molecular formula is C13H19ClN2. The highest BCUT2D eigenvalue weighted by Gasteiger charge is 2.34. The molecule has 0 amide bonds. The lowest BCUT2D eigenvalue weighted by molar-refractivity contribution is 0.198. The molecule has 0 aliphatic carbocycles. The Labute approximate surface area is 102 Å². The summed E-state index contributed by atoms with van der Waals surface area (Å²) in [6, 6.07) is 9.13. The van der Waals surface area contributed by atoms with Crippen LogP contribution in [0.25, 0.3) is 0 Å². The van der Waals surface area contributed by atoms with E-state index in [1.165, 1.54) is 5.56 Å². The van der Waals surface area contributed by atoms with Gasteiger partial charge in [-0.25, -0.2) is 0 Å². The summed E-state index contributed by atoms with van der Waals surface area (Å²) in [7, 11) is 0. The summed E-state index contributed by atoms with van der Waals surface area (Å²) in [4.78, 5) is 2.45. The zero-order chi connectivity index (χ0) is 11.7. The molecule has 0 aromatic heterocycles. The summed E-state index contributed by atoms with van der Waals surface area (Å²) in [5.41, 5.74) is 7.45. The SMILES string of the molecule is CC(C)N1CCC(N)C1c1cccc(Cl)c1. The number of rotatable bonds is 2. The summed E-state index contributed by atoms with van der Waals surface area (Å²) < 4.78 is 0. The van der Waals surface area contributed by atoms with Crippen LogP contribution in [0.3, 0.4) is 0 Å². The maximum Gasteiger partial charge on any atom is 0.0502 e. The summed E-state index contributed by atoms with van der Waals surface area (Å²) in [5, 5.41) is 0.792. The first-order valence-corrected chi connectivity index (χ1v) is 6.24. The van der Waals surface area contributed by atoms with Gasteiger partial charge in [-0.3, -0.25) is 4.90 Å². The predicted molar refractivity (Wildman–Crippen MR) is 68.6 cm³/mol. The summed E-state index contributed by atoms with van der Waals surface area (Å²) in [6.07, 6.45) is 1.06. The molecule has 0 radical (unpaired) electrons. The van der Waals surface area contributed by atoms with Gasteiger partial charge in [0, 0.05) is 23.7 Å². The van der Waals surface area contributed by atoms with E-state index in [9.17, 15) is 0 Å². The first-order valence-electron chi connectivity index (χ1n) is 5.86. The zero-order valence-corrected chi connectivity index (χ0v) is 10.6. The molecule has 2 nitrogen and oxygen atoms in total. The van der Waals surface area contributed by atoms with Crippen LogP contribution in [0.15, 0.2) is 24.3 Å². The molecule has 88 valence electrons. The van der Waals surface area contributed by atoms with E-state index in [2.05, 4.69) is 24.8 Å². The lowest BCUT2D eigenvalue weighted by Crippen LogP contribution is -2.35. The van der Waals surface area contributed by atoms with Crippen LogP contribution in [0.4, 0.5) is 0 Å². The Hall–Kier alpha value is -0.570. The molecule has 0 bridgehead atoms. The van der Waals surface area contributed by atoms with E-state index in [0.29, 0.717) is 12.1 Å². The molecule has 1 aliphatic heterocycles. The number of hydrogen-bond donors (Lipinski definition) is 1. The third-order valence-electron chi connectivity index (χ3n) is 3.34. The molecule has 1 heterocycles. The van der Waals surface area contributed by atoms with Gasteiger partial charge in [0.25, 0.3) is 0 Å². The average molecular weight is 239 g/mol. The predicted octanol–water partition coefficient (Wildman–Crippen LogP) is 2.82. The van der Waals surface area contributed by atoms with Gasteiger partial charge in [0.15, 0.2) is 0 Å². The molecule has 1 aromatic carbocycles. The normalized spacial score (nSPS) is 26.6. The number of likely N-dealkylation sites (tertiary alicyclic amines) is 1. The van der Waals surface area contributed by atoms with Crippen molar-refractivity contribution in [3.8, 4) is 0 Å². The Morgan fingerprint density at radius 3 is 2.81 bits per heavy atom. The first kappa shape index (κ1) is 11.9. The number of hydrogen-bond acceptors (Lipinski definition) is 2. The molecule has 2 unspecified atom stereocenters. The molecule has 1 fully saturated rings. The van der Waals surface area contributed by atoms with Gasteiger partial charge in [-0.2, -0.15) is 0 Å². The van der Waals surface area contributed by atoms with E-state index in [1.54, 1.807) is 0 Å². The molecule has 2 atom stereocenters. The topological polar surface area (TPSA) is 29.3 Å². The fourth-order valence-corrected chi connectivity index (χ4v) is 2.75. The molecule has 3 heteroatoms. The summed E-state index contributed by atoms with van der Waals surface area (Å²) in [6.45, 7) is 5.52. The van der Waals surface area contributed by atoms with Crippen LogP contribution in [-0.4, -0.2) is 23.5 Å². The molecule has 16 heavy (non-hydrogen) atoms. The monoisotopic (exact) mass is 238 g/mol. The van der Waals surface area contributed by atoms with E-state index in [-0.39, 0.29) is 6.04 Å². The lowest BCUT2D eigenvalue weighted by atomic mass is 10.0. The van der Waals surface area contributed by atoms with Crippen LogP contribution >= 0.6 is 11.6 Å². The third kappa shape index (κ3) is 2.24. The van der Waals surface area contributed by atoms with Gasteiger partial charge in [-0.15, -0.1) is 0 Å². The molecule has 2 rings (SSSR count). The van der Waals surface area contributed by atoms with Gasteiger partial charge >= 0.3 is 0 Å². The maximum absolute atomic E-state index is 6.20. The number of nitrogens with two attached hydrogens (primary N) is 1. The second kappa shape index (κ2) is 4.74. The Morgan fingerprint density at radius 1 is 1.44 bits per heavy atom. The fraction of sp³-hybridized carbons (Fsp3) is 0.538. The van der Waals surface area contributed by atoms with Crippen molar-refractivity contribution in [2.45, 2.75) is 38.4 Å². The summed E-state index contributed by atoms with van der Waals surface area (Å²) >= 11 is 6.04. The highest BCUT2D eigenvalue weighted by Crippen LogP contribution is 2.33. The molecule has 1 saturated heterocycles.